The number of nitrogens with zero attached hydrogens (tertiary/aromatic N) is 1. The van der Waals surface area contributed by atoms with Crippen LogP contribution >= 0.6 is 0 Å². The Bertz CT molecular complexity index is 245. The summed E-state index contributed by atoms with van der Waals surface area (Å²) in [6.07, 6.45) is 7.58. The predicted molar refractivity (Wildman–Crippen MR) is 82.5 cm³/mol. The van der Waals surface area contributed by atoms with Gasteiger partial charge in [-0.25, -0.2) is 0 Å². The zero-order chi connectivity index (χ0) is 14.3. The number of hydrogen-bond acceptors (Lipinski definition) is 3. The van der Waals surface area contributed by atoms with Crippen LogP contribution < -0.4 is 5.32 Å². The monoisotopic (exact) mass is 270 g/mol. The Balaban J connectivity index is 2.21. The van der Waals surface area contributed by atoms with E-state index in [0.29, 0.717) is 6.04 Å². The Morgan fingerprint density at radius 3 is 2.68 bits per heavy atom. The van der Waals surface area contributed by atoms with Gasteiger partial charge in [-0.3, -0.25) is 0 Å². The smallest absolute Gasteiger partial charge is 0.0610 e. The summed E-state index contributed by atoms with van der Waals surface area (Å²) in [7, 11) is 0. The van der Waals surface area contributed by atoms with Gasteiger partial charge >= 0.3 is 0 Å². The van der Waals surface area contributed by atoms with E-state index in [-0.39, 0.29) is 12.1 Å². The molecular weight excluding hydrogens is 236 g/mol. The molecule has 3 heteroatoms. The lowest BCUT2D eigenvalue weighted by atomic mass is 9.94. The lowest BCUT2D eigenvalue weighted by Crippen LogP contribution is -2.49. The van der Waals surface area contributed by atoms with Crippen LogP contribution in [0.3, 0.4) is 0 Å². The van der Waals surface area contributed by atoms with Gasteiger partial charge in [0.15, 0.2) is 0 Å². The van der Waals surface area contributed by atoms with Crippen molar-refractivity contribution in [3.8, 4) is 0 Å². The van der Waals surface area contributed by atoms with Crippen LogP contribution in [-0.4, -0.2) is 47.3 Å². The zero-order valence-corrected chi connectivity index (χ0v) is 13.4. The second-order valence-electron chi connectivity index (χ2n) is 6.72. The van der Waals surface area contributed by atoms with Crippen LogP contribution in [0.1, 0.15) is 66.2 Å². The number of rotatable bonds is 9. The maximum atomic E-state index is 9.55. The molecule has 1 heterocycles. The molecule has 114 valence electrons. The van der Waals surface area contributed by atoms with Gasteiger partial charge in [0.2, 0.25) is 0 Å². The minimum Gasteiger partial charge on any atom is -0.394 e. The number of unbranched alkanes of at least 4 members (excludes halogenated alkanes) is 1. The van der Waals surface area contributed by atoms with Gasteiger partial charge in [-0.15, -0.1) is 0 Å². The van der Waals surface area contributed by atoms with Gasteiger partial charge in [0.25, 0.3) is 0 Å². The minimum atomic E-state index is -0.108. The number of nitrogens with one attached hydrogen (secondary N) is 1. The van der Waals surface area contributed by atoms with E-state index in [0.717, 1.165) is 12.5 Å². The summed E-state index contributed by atoms with van der Waals surface area (Å²) in [4.78, 5) is 2.66. The van der Waals surface area contributed by atoms with E-state index < -0.39 is 0 Å². The zero-order valence-electron chi connectivity index (χ0n) is 13.4. The van der Waals surface area contributed by atoms with Crippen molar-refractivity contribution in [2.75, 3.05) is 19.7 Å². The highest BCUT2D eigenvalue weighted by molar-refractivity contribution is 4.84. The van der Waals surface area contributed by atoms with E-state index in [4.69, 9.17) is 0 Å². The van der Waals surface area contributed by atoms with Crippen LogP contribution in [0.5, 0.6) is 0 Å². The van der Waals surface area contributed by atoms with Crippen molar-refractivity contribution in [1.82, 2.24) is 10.2 Å². The Kier molecular flexibility index (Phi) is 7.33. The van der Waals surface area contributed by atoms with Crippen LogP contribution in [0.2, 0.25) is 0 Å². The summed E-state index contributed by atoms with van der Waals surface area (Å²) in [5.74, 6) is 0. The second-order valence-corrected chi connectivity index (χ2v) is 6.72. The molecule has 0 spiro atoms. The highest BCUT2D eigenvalue weighted by Gasteiger charge is 2.24. The van der Waals surface area contributed by atoms with Gasteiger partial charge in [-0.2, -0.15) is 0 Å². The molecule has 1 rings (SSSR count). The lowest BCUT2D eigenvalue weighted by molar-refractivity contribution is 0.151. The van der Waals surface area contributed by atoms with Gasteiger partial charge in [0, 0.05) is 17.6 Å². The quantitative estimate of drug-likeness (QED) is 0.632. The Hall–Kier alpha value is -0.120. The molecule has 2 N–H and O–H groups in total. The molecule has 0 amide bonds. The van der Waals surface area contributed by atoms with Gasteiger partial charge in [0.05, 0.1) is 6.61 Å². The largest absolute Gasteiger partial charge is 0.394 e. The predicted octanol–water partition coefficient (Wildman–Crippen LogP) is 2.78. The van der Waals surface area contributed by atoms with E-state index in [2.05, 4.69) is 37.9 Å². The summed E-state index contributed by atoms with van der Waals surface area (Å²) in [6, 6.07) is 1.26. The molecule has 3 nitrogen and oxygen atoms in total. The SMILES string of the molecule is CCC1CCCN1CCCCC(C)(CO)NC(C)C. The number of likely N-dealkylation sites (tertiary alicyclic amines) is 1. The first-order chi connectivity index (χ1) is 9.00. The molecule has 0 saturated carbocycles. The maximum Gasteiger partial charge on any atom is 0.0610 e. The molecule has 1 saturated heterocycles. The molecule has 0 aromatic rings. The summed E-state index contributed by atoms with van der Waals surface area (Å²) in [6.45, 7) is 11.5. The number of aliphatic hydroxyl groups excluding tert-OH is 1. The molecule has 0 radical (unpaired) electrons. The molecule has 0 aliphatic carbocycles. The van der Waals surface area contributed by atoms with E-state index >= 15 is 0 Å². The molecule has 2 atom stereocenters. The fourth-order valence-corrected chi connectivity index (χ4v) is 3.38. The topological polar surface area (TPSA) is 35.5 Å². The summed E-state index contributed by atoms with van der Waals surface area (Å²) < 4.78 is 0. The number of aliphatic hydroxyl groups is 1. The highest BCUT2D eigenvalue weighted by atomic mass is 16.3. The summed E-state index contributed by atoms with van der Waals surface area (Å²) in [5.41, 5.74) is -0.108. The average molecular weight is 270 g/mol. The highest BCUT2D eigenvalue weighted by Crippen LogP contribution is 2.21. The van der Waals surface area contributed by atoms with Crippen molar-refractivity contribution < 1.29 is 5.11 Å². The third kappa shape index (κ3) is 5.80. The lowest BCUT2D eigenvalue weighted by Gasteiger charge is -2.31. The van der Waals surface area contributed by atoms with E-state index in [1.165, 1.54) is 45.2 Å². The van der Waals surface area contributed by atoms with Gasteiger partial charge in [-0.1, -0.05) is 27.2 Å². The number of hydrogen-bond donors (Lipinski definition) is 2. The van der Waals surface area contributed by atoms with E-state index in [9.17, 15) is 5.11 Å². The first kappa shape index (κ1) is 16.9. The first-order valence-electron chi connectivity index (χ1n) is 8.13. The Morgan fingerprint density at radius 2 is 2.11 bits per heavy atom. The molecule has 19 heavy (non-hydrogen) atoms. The molecule has 0 bridgehead atoms. The van der Waals surface area contributed by atoms with Crippen molar-refractivity contribution in [2.24, 2.45) is 0 Å². The summed E-state index contributed by atoms with van der Waals surface area (Å²) in [5, 5.41) is 13.0. The van der Waals surface area contributed by atoms with Crippen LogP contribution in [0.4, 0.5) is 0 Å². The van der Waals surface area contributed by atoms with Gasteiger partial charge in [0.1, 0.15) is 0 Å². The molecular formula is C16H34N2O. The van der Waals surface area contributed by atoms with Crippen molar-refractivity contribution in [2.45, 2.75) is 83.8 Å². The third-order valence-electron chi connectivity index (χ3n) is 4.38. The fourth-order valence-electron chi connectivity index (χ4n) is 3.38. The molecule has 0 aromatic carbocycles. The van der Waals surface area contributed by atoms with Crippen molar-refractivity contribution >= 4 is 0 Å². The van der Waals surface area contributed by atoms with Gasteiger partial charge < -0.3 is 15.3 Å². The molecule has 1 aliphatic rings. The first-order valence-corrected chi connectivity index (χ1v) is 8.13. The molecule has 1 fully saturated rings. The third-order valence-corrected chi connectivity index (χ3v) is 4.38. The maximum absolute atomic E-state index is 9.55. The average Bonchev–Trinajstić information content (AvgIpc) is 2.81. The second kappa shape index (κ2) is 8.23. The van der Waals surface area contributed by atoms with Crippen LogP contribution in [0.25, 0.3) is 0 Å². The summed E-state index contributed by atoms with van der Waals surface area (Å²) >= 11 is 0. The molecule has 0 aromatic heterocycles. The molecule has 2 unspecified atom stereocenters. The van der Waals surface area contributed by atoms with Crippen molar-refractivity contribution in [3.63, 3.8) is 0 Å². The van der Waals surface area contributed by atoms with Gasteiger partial charge in [-0.05, 0) is 52.1 Å². The van der Waals surface area contributed by atoms with Crippen LogP contribution in [0, 0.1) is 0 Å². The normalized spacial score (nSPS) is 24.0. The Labute approximate surface area is 119 Å². The molecule has 1 aliphatic heterocycles. The van der Waals surface area contributed by atoms with E-state index in [1.807, 2.05) is 0 Å². The Morgan fingerprint density at radius 1 is 1.37 bits per heavy atom. The fraction of sp³-hybridized carbons (Fsp3) is 1.00. The van der Waals surface area contributed by atoms with Crippen molar-refractivity contribution in [1.29, 1.82) is 0 Å². The van der Waals surface area contributed by atoms with Crippen LogP contribution in [0.15, 0.2) is 0 Å². The minimum absolute atomic E-state index is 0.108. The van der Waals surface area contributed by atoms with Crippen LogP contribution in [-0.2, 0) is 0 Å². The van der Waals surface area contributed by atoms with Crippen molar-refractivity contribution in [3.05, 3.63) is 0 Å². The standard InChI is InChI=1S/C16H34N2O/c1-5-15-9-8-12-18(15)11-7-6-10-16(4,13-19)17-14(2)3/h14-15,17,19H,5-13H2,1-4H3. The van der Waals surface area contributed by atoms with E-state index in [1.54, 1.807) is 0 Å².